The third-order valence-corrected chi connectivity index (χ3v) is 3.18. The summed E-state index contributed by atoms with van der Waals surface area (Å²) >= 11 is 0. The van der Waals surface area contributed by atoms with Crippen molar-refractivity contribution in [1.29, 1.82) is 0 Å². The molecule has 0 aliphatic carbocycles. The van der Waals surface area contributed by atoms with Gasteiger partial charge in [0.15, 0.2) is 0 Å². The molecule has 0 saturated carbocycles. The highest BCUT2D eigenvalue weighted by molar-refractivity contribution is 5.28. The normalized spacial score (nSPS) is 13.3. The molecule has 0 saturated heterocycles. The fourth-order valence-electron chi connectivity index (χ4n) is 1.95. The Hall–Kier alpha value is -1.50. The first-order chi connectivity index (χ1) is 9.13. The molecule has 1 aromatic rings. The van der Waals surface area contributed by atoms with E-state index in [1.165, 1.54) is 5.56 Å². The average molecular weight is 260 g/mol. The van der Waals surface area contributed by atoms with Gasteiger partial charge in [0.25, 0.3) is 0 Å². The molecule has 0 heterocycles. The van der Waals surface area contributed by atoms with Crippen LogP contribution in [0.15, 0.2) is 24.3 Å². The van der Waals surface area contributed by atoms with E-state index in [4.69, 9.17) is 10.5 Å². The van der Waals surface area contributed by atoms with Gasteiger partial charge in [-0.15, -0.1) is 11.8 Å². The molecule has 0 aliphatic heterocycles. The van der Waals surface area contributed by atoms with Gasteiger partial charge in [0.2, 0.25) is 0 Å². The van der Waals surface area contributed by atoms with Gasteiger partial charge < -0.3 is 15.8 Å². The Morgan fingerprint density at radius 1 is 1.32 bits per heavy atom. The second kappa shape index (κ2) is 7.83. The summed E-state index contributed by atoms with van der Waals surface area (Å²) in [6.07, 6.45) is 1.75. The molecule has 0 aliphatic rings. The lowest BCUT2D eigenvalue weighted by molar-refractivity contribution is 0.365. The van der Waals surface area contributed by atoms with Crippen molar-refractivity contribution in [3.05, 3.63) is 29.8 Å². The second-order valence-corrected chi connectivity index (χ2v) is 4.89. The van der Waals surface area contributed by atoms with Crippen LogP contribution in [0.1, 0.15) is 25.8 Å². The standard InChI is InChI=1S/C16H24N2O/c1-4-5-6-11-18-16(2,13-17)12-14-7-9-15(19-3)10-8-14/h7-10,18H,6,11-13,17H2,1-3H3. The highest BCUT2D eigenvalue weighted by Crippen LogP contribution is 2.16. The molecular formula is C16H24N2O. The van der Waals surface area contributed by atoms with Gasteiger partial charge in [0.05, 0.1) is 7.11 Å². The summed E-state index contributed by atoms with van der Waals surface area (Å²) in [6, 6.07) is 8.13. The fraction of sp³-hybridized carbons (Fsp3) is 0.500. The van der Waals surface area contributed by atoms with E-state index < -0.39 is 0 Å². The molecule has 0 aromatic heterocycles. The Kier molecular flexibility index (Phi) is 6.41. The van der Waals surface area contributed by atoms with E-state index in [-0.39, 0.29) is 5.54 Å². The molecule has 3 heteroatoms. The van der Waals surface area contributed by atoms with Crippen LogP contribution in [0.5, 0.6) is 5.75 Å². The quantitative estimate of drug-likeness (QED) is 0.582. The fourth-order valence-corrected chi connectivity index (χ4v) is 1.95. The zero-order valence-corrected chi connectivity index (χ0v) is 12.1. The van der Waals surface area contributed by atoms with E-state index in [1.807, 2.05) is 19.1 Å². The third-order valence-electron chi connectivity index (χ3n) is 3.18. The number of methoxy groups -OCH3 is 1. The maximum Gasteiger partial charge on any atom is 0.118 e. The van der Waals surface area contributed by atoms with Crippen molar-refractivity contribution in [3.63, 3.8) is 0 Å². The van der Waals surface area contributed by atoms with E-state index in [0.29, 0.717) is 6.54 Å². The first-order valence-electron chi connectivity index (χ1n) is 6.61. The number of nitrogens with one attached hydrogen (secondary N) is 1. The number of benzene rings is 1. The summed E-state index contributed by atoms with van der Waals surface area (Å²) < 4.78 is 5.16. The van der Waals surface area contributed by atoms with Gasteiger partial charge in [0.1, 0.15) is 5.75 Å². The Labute approximate surface area is 116 Å². The molecule has 1 aromatic carbocycles. The van der Waals surface area contributed by atoms with Gasteiger partial charge in [-0.1, -0.05) is 12.1 Å². The highest BCUT2D eigenvalue weighted by atomic mass is 16.5. The summed E-state index contributed by atoms with van der Waals surface area (Å²) in [5, 5.41) is 3.50. The smallest absolute Gasteiger partial charge is 0.118 e. The molecule has 3 nitrogen and oxygen atoms in total. The summed E-state index contributed by atoms with van der Waals surface area (Å²) in [5.41, 5.74) is 7.06. The van der Waals surface area contributed by atoms with E-state index in [1.54, 1.807) is 7.11 Å². The average Bonchev–Trinajstić information content (AvgIpc) is 2.44. The predicted octanol–water partition coefficient (Wildman–Crippen LogP) is 1.96. The van der Waals surface area contributed by atoms with Crippen LogP contribution in [0.3, 0.4) is 0 Å². The van der Waals surface area contributed by atoms with Crippen molar-refractivity contribution in [2.24, 2.45) is 5.73 Å². The van der Waals surface area contributed by atoms with Crippen molar-refractivity contribution >= 4 is 0 Å². The molecule has 19 heavy (non-hydrogen) atoms. The maximum absolute atomic E-state index is 5.90. The lowest BCUT2D eigenvalue weighted by Crippen LogP contribution is -2.50. The van der Waals surface area contributed by atoms with Crippen molar-refractivity contribution < 1.29 is 4.74 Å². The SMILES string of the molecule is CC#CCCNC(C)(CN)Cc1ccc(OC)cc1. The largest absolute Gasteiger partial charge is 0.497 e. The molecule has 1 rings (SSSR count). The van der Waals surface area contributed by atoms with Crippen molar-refractivity contribution in [3.8, 4) is 17.6 Å². The van der Waals surface area contributed by atoms with E-state index in [2.05, 4.69) is 36.2 Å². The molecular weight excluding hydrogens is 236 g/mol. The summed E-state index contributed by atoms with van der Waals surface area (Å²) in [6.45, 7) is 5.47. The van der Waals surface area contributed by atoms with Crippen molar-refractivity contribution in [1.82, 2.24) is 5.32 Å². The topological polar surface area (TPSA) is 47.3 Å². The van der Waals surface area contributed by atoms with Gasteiger partial charge in [0, 0.05) is 25.0 Å². The zero-order chi connectivity index (χ0) is 14.1. The first-order valence-corrected chi connectivity index (χ1v) is 6.61. The molecule has 0 radical (unpaired) electrons. The van der Waals surface area contributed by atoms with Crippen LogP contribution in [-0.2, 0) is 6.42 Å². The molecule has 1 atom stereocenters. The maximum atomic E-state index is 5.90. The van der Waals surface area contributed by atoms with Gasteiger partial charge in [-0.25, -0.2) is 0 Å². The van der Waals surface area contributed by atoms with Crippen LogP contribution in [0, 0.1) is 11.8 Å². The van der Waals surface area contributed by atoms with E-state index >= 15 is 0 Å². The molecule has 0 bridgehead atoms. The summed E-state index contributed by atoms with van der Waals surface area (Å²) in [7, 11) is 1.68. The van der Waals surface area contributed by atoms with Crippen LogP contribution in [0.4, 0.5) is 0 Å². The van der Waals surface area contributed by atoms with Gasteiger partial charge >= 0.3 is 0 Å². The van der Waals surface area contributed by atoms with Crippen LogP contribution in [0.2, 0.25) is 0 Å². The molecule has 3 N–H and O–H groups in total. The molecule has 0 fully saturated rings. The number of hydrogen-bond donors (Lipinski definition) is 2. The minimum Gasteiger partial charge on any atom is -0.497 e. The molecule has 1 unspecified atom stereocenters. The second-order valence-electron chi connectivity index (χ2n) is 4.89. The Balaban J connectivity index is 2.59. The number of rotatable bonds is 7. The Morgan fingerprint density at radius 3 is 2.53 bits per heavy atom. The lowest BCUT2D eigenvalue weighted by atomic mass is 9.92. The first kappa shape index (κ1) is 15.6. The number of ether oxygens (including phenoxy) is 1. The van der Waals surface area contributed by atoms with Gasteiger partial charge in [-0.2, -0.15) is 0 Å². The van der Waals surface area contributed by atoms with Gasteiger partial charge in [-0.3, -0.25) is 0 Å². The Bertz CT molecular complexity index is 430. The summed E-state index contributed by atoms with van der Waals surface area (Å²) in [5.74, 6) is 6.83. The van der Waals surface area contributed by atoms with Crippen LogP contribution < -0.4 is 15.8 Å². The third kappa shape index (κ3) is 5.34. The highest BCUT2D eigenvalue weighted by Gasteiger charge is 2.21. The minimum absolute atomic E-state index is 0.0932. The molecule has 0 amide bonds. The minimum atomic E-state index is -0.0932. The number of nitrogens with two attached hydrogens (primary N) is 1. The zero-order valence-electron chi connectivity index (χ0n) is 12.1. The molecule has 104 valence electrons. The van der Waals surface area contributed by atoms with Crippen molar-refractivity contribution in [2.75, 3.05) is 20.2 Å². The van der Waals surface area contributed by atoms with Gasteiger partial charge in [-0.05, 0) is 38.0 Å². The predicted molar refractivity (Wildman–Crippen MR) is 80.2 cm³/mol. The monoisotopic (exact) mass is 260 g/mol. The van der Waals surface area contributed by atoms with Crippen molar-refractivity contribution in [2.45, 2.75) is 32.2 Å². The molecule has 0 spiro atoms. The lowest BCUT2D eigenvalue weighted by Gasteiger charge is -2.29. The van der Waals surface area contributed by atoms with Crippen LogP contribution >= 0.6 is 0 Å². The number of hydrogen-bond acceptors (Lipinski definition) is 3. The Morgan fingerprint density at radius 2 is 2.00 bits per heavy atom. The van der Waals surface area contributed by atoms with Crippen LogP contribution in [-0.4, -0.2) is 25.7 Å². The van der Waals surface area contributed by atoms with Crippen LogP contribution in [0.25, 0.3) is 0 Å². The summed E-state index contributed by atoms with van der Waals surface area (Å²) in [4.78, 5) is 0. The van der Waals surface area contributed by atoms with E-state index in [9.17, 15) is 0 Å². The van der Waals surface area contributed by atoms with E-state index in [0.717, 1.165) is 25.1 Å².